The van der Waals surface area contributed by atoms with Gasteiger partial charge in [-0.15, -0.1) is 0 Å². The van der Waals surface area contributed by atoms with Crippen LogP contribution >= 0.6 is 0 Å². The molecule has 12 heteroatoms. The summed E-state index contributed by atoms with van der Waals surface area (Å²) in [6.07, 6.45) is 4.50. The van der Waals surface area contributed by atoms with Crippen molar-refractivity contribution in [3.05, 3.63) is 7.43 Å². The fourth-order valence-electron chi connectivity index (χ4n) is 0. The molecular weight excluding hydrogens is 1020 g/mol. The van der Waals surface area contributed by atoms with E-state index < -0.39 is 11.0 Å². The van der Waals surface area contributed by atoms with Crippen molar-refractivity contribution in [2.24, 2.45) is 0 Å². The summed E-state index contributed by atoms with van der Waals surface area (Å²) in [4.78, 5) is 34.3. The molecule has 0 unspecified atom stereocenters. The van der Waals surface area contributed by atoms with Gasteiger partial charge in [-0.05, 0) is 0 Å². The third kappa shape index (κ3) is 5010. The fourth-order valence-corrected chi connectivity index (χ4v) is 0. The summed E-state index contributed by atoms with van der Waals surface area (Å²) in [6.45, 7) is 4.46. The Kier molecular flexibility index (Phi) is 759. The molecule has 0 atom stereocenters. The van der Waals surface area contributed by atoms with Gasteiger partial charge in [0, 0.05) is 11.0 Å². The van der Waals surface area contributed by atoms with E-state index in [-0.39, 0.29) is 130 Å². The number of carbonyl (C=O) groups excluding carboxylic acids is 3. The molecule has 0 spiro atoms. The van der Waals surface area contributed by atoms with Gasteiger partial charge in [-0.25, -0.2) is 0 Å². The van der Waals surface area contributed by atoms with Gasteiger partial charge in [0.2, 0.25) is 0 Å². The summed E-state index contributed by atoms with van der Waals surface area (Å²) in [6, 6.07) is 0. The summed E-state index contributed by atoms with van der Waals surface area (Å²) in [5, 5.41) is 6.76. The SMILES string of the molecule is C.C.C.C.C[C-]=O.C[C-]=O.C[C-]=O.O=[C-]O.O=[S-](=O)O.[CH3-].[U+2].[U+2].[U+2]. The Bertz CT molecular complexity index is 184. The van der Waals surface area contributed by atoms with E-state index in [1.807, 2.05) is 0 Å². The van der Waals surface area contributed by atoms with Gasteiger partial charge < -0.3 is 44.7 Å². The number of aliphatic hydroxyl groups excluding tert-OH is 1. The first kappa shape index (κ1) is 97.8. The van der Waals surface area contributed by atoms with E-state index >= 15 is 0 Å². The minimum Gasteiger partial charge on any atom is -0.665 e. The molecule has 24 heavy (non-hydrogen) atoms. The van der Waals surface area contributed by atoms with Crippen LogP contribution in [0.15, 0.2) is 0 Å². The molecule has 0 saturated heterocycles. The smallest absolute Gasteiger partial charge is 0.665 e. The Morgan fingerprint density at radius 1 is 0.667 bits per heavy atom. The van der Waals surface area contributed by atoms with Crippen molar-refractivity contribution in [3.63, 3.8) is 0 Å². The maximum Gasteiger partial charge on any atom is 2.00 e. The Hall–Kier alpha value is 1.55. The Balaban J connectivity index is -0.00000000531. The topological polar surface area (TPSA) is 143 Å². The quantitative estimate of drug-likeness (QED) is 0.164. The van der Waals surface area contributed by atoms with Crippen molar-refractivity contribution in [1.29, 1.82) is 0 Å². The molecular formula is C12H30O8SU3. The molecule has 0 amide bonds. The number of hydrogen-bond donors (Lipinski definition) is 2. The zero-order valence-electron chi connectivity index (χ0n) is 11.3. The van der Waals surface area contributed by atoms with Gasteiger partial charge in [-0.3, -0.25) is 18.9 Å². The molecule has 0 saturated carbocycles. The molecule has 0 aliphatic heterocycles. The van der Waals surface area contributed by atoms with E-state index in [2.05, 4.69) is 0 Å². The van der Waals surface area contributed by atoms with Gasteiger partial charge in [0.05, 0.1) is 0 Å². The average molecular weight is 1050 g/mol. The average Bonchev–Trinajstić information content (AvgIpc) is 2.06. The number of rotatable bonds is 0. The standard InChI is InChI=1S/3C2H3O.CHO2.4CH4.CH3.HO3S.3U/c3*1-2-3;2-1-3;;;;;;1-4(2)3;;;/h3*1H3;(H,2,3);4*1H4;1H3;(H,1,2,3);;;/q4*-1;;;;;2*-1;3*+2. The van der Waals surface area contributed by atoms with Crippen molar-refractivity contribution < 1.29 is 131 Å². The third-order valence-corrected chi connectivity index (χ3v) is 0. The Morgan fingerprint density at radius 2 is 0.667 bits per heavy atom. The summed E-state index contributed by atoms with van der Waals surface area (Å²) < 4.78 is 24.1. The van der Waals surface area contributed by atoms with Crippen molar-refractivity contribution in [3.8, 4) is 0 Å². The molecule has 0 aromatic rings. The van der Waals surface area contributed by atoms with Crippen LogP contribution in [0.2, 0.25) is 0 Å². The van der Waals surface area contributed by atoms with Crippen molar-refractivity contribution in [1.82, 2.24) is 0 Å². The minimum atomic E-state index is -2.86. The second-order valence-corrected chi connectivity index (χ2v) is 1.35. The summed E-state index contributed by atoms with van der Waals surface area (Å²) in [5.74, 6) is 0. The molecule has 0 fully saturated rings. The molecule has 0 aliphatic rings. The normalized spacial score (nSPS) is 3.54. The Morgan fingerprint density at radius 3 is 0.667 bits per heavy atom. The van der Waals surface area contributed by atoms with Crippen LogP contribution < -0.4 is 0 Å². The molecule has 0 radical (unpaired) electrons. The fraction of sp³-hybridized carbons (Fsp3) is 0.583. The van der Waals surface area contributed by atoms with Gasteiger partial charge in [0.25, 0.3) is 0 Å². The predicted molar refractivity (Wildman–Crippen MR) is 87.1 cm³/mol. The first-order chi connectivity index (χ1) is 7.39. The first-order valence-electron chi connectivity index (χ1n) is 3.06. The van der Waals surface area contributed by atoms with Crippen LogP contribution in [0.1, 0.15) is 50.5 Å². The van der Waals surface area contributed by atoms with E-state index in [1.54, 1.807) is 0 Å². The van der Waals surface area contributed by atoms with Crippen LogP contribution in [-0.2, 0) is 38.6 Å². The zero-order chi connectivity index (χ0) is 14.4. The minimum absolute atomic E-state index is 0. The molecule has 0 rings (SSSR count). The van der Waals surface area contributed by atoms with Gasteiger partial charge in [-0.1, -0.05) is 36.2 Å². The van der Waals surface area contributed by atoms with Crippen LogP contribution in [0, 0.1) is 101 Å². The van der Waals surface area contributed by atoms with Gasteiger partial charge in [0.15, 0.2) is 0 Å². The van der Waals surface area contributed by atoms with Crippen LogP contribution in [0.3, 0.4) is 0 Å². The molecule has 0 aliphatic carbocycles. The van der Waals surface area contributed by atoms with E-state index in [9.17, 15) is 0 Å². The summed E-state index contributed by atoms with van der Waals surface area (Å²) in [7, 11) is -2.86. The molecule has 0 aromatic carbocycles. The summed E-state index contributed by atoms with van der Waals surface area (Å²) in [5.41, 5.74) is 0. The van der Waals surface area contributed by atoms with Crippen molar-refractivity contribution in [2.45, 2.75) is 50.5 Å². The van der Waals surface area contributed by atoms with Crippen LogP contribution in [-0.4, -0.2) is 35.0 Å². The van der Waals surface area contributed by atoms with Crippen molar-refractivity contribution in [2.75, 3.05) is 0 Å². The van der Waals surface area contributed by atoms with Crippen LogP contribution in [0.25, 0.3) is 0 Å². The zero-order valence-corrected chi connectivity index (χ0v) is 24.6. The van der Waals surface area contributed by atoms with Gasteiger partial charge in [0.1, 0.15) is 0 Å². The van der Waals surface area contributed by atoms with E-state index in [4.69, 9.17) is 37.3 Å². The molecule has 0 bridgehead atoms. The van der Waals surface area contributed by atoms with E-state index in [1.165, 1.54) is 39.6 Å². The summed E-state index contributed by atoms with van der Waals surface area (Å²) >= 11 is 0. The maximum atomic E-state index is 8.68. The monoisotopic (exact) mass is 1050 g/mol. The molecule has 2 N–H and O–H groups in total. The largest absolute Gasteiger partial charge is 2.00 e. The molecule has 0 heterocycles. The molecule has 8 nitrogen and oxygen atoms in total. The Labute approximate surface area is 222 Å². The van der Waals surface area contributed by atoms with Crippen molar-refractivity contribution >= 4 is 36.3 Å². The third-order valence-electron chi connectivity index (χ3n) is 0. The van der Waals surface area contributed by atoms with Gasteiger partial charge >= 0.3 is 93.3 Å². The second kappa shape index (κ2) is 186. The first-order valence-corrected chi connectivity index (χ1v) is 4.09. The molecule has 0 aromatic heterocycles. The van der Waals surface area contributed by atoms with Gasteiger partial charge in [-0.2, -0.15) is 20.8 Å². The number of hydrogen-bond acceptors (Lipinski definition) is 7. The van der Waals surface area contributed by atoms with Crippen LogP contribution in [0.5, 0.6) is 0 Å². The predicted octanol–water partition coefficient (Wildman–Crippen LogP) is 2.72. The van der Waals surface area contributed by atoms with Crippen LogP contribution in [0.4, 0.5) is 0 Å². The maximum absolute atomic E-state index is 8.68. The second-order valence-electron chi connectivity index (χ2n) is 0.921. The van der Waals surface area contributed by atoms with E-state index in [0.717, 1.165) is 0 Å². The molecule has 144 valence electrons. The van der Waals surface area contributed by atoms with E-state index in [0.29, 0.717) is 6.47 Å².